The lowest BCUT2D eigenvalue weighted by molar-refractivity contribution is -0.116. The predicted molar refractivity (Wildman–Crippen MR) is 71.5 cm³/mol. The van der Waals surface area contributed by atoms with E-state index in [4.69, 9.17) is 5.73 Å². The summed E-state index contributed by atoms with van der Waals surface area (Å²) in [5.41, 5.74) is 7.50. The second kappa shape index (κ2) is 6.16. The van der Waals surface area contributed by atoms with Crippen molar-refractivity contribution in [2.24, 2.45) is 5.73 Å². The van der Waals surface area contributed by atoms with E-state index in [2.05, 4.69) is 10.6 Å². The molecule has 1 atom stereocenters. The van der Waals surface area contributed by atoms with E-state index in [-0.39, 0.29) is 24.3 Å². The maximum Gasteiger partial charge on any atom is 0.251 e. The van der Waals surface area contributed by atoms with Crippen molar-refractivity contribution in [1.82, 2.24) is 5.32 Å². The maximum absolute atomic E-state index is 11.6. The minimum Gasteiger partial charge on any atom is -0.355 e. The van der Waals surface area contributed by atoms with E-state index in [0.29, 0.717) is 11.3 Å². The lowest BCUT2D eigenvalue weighted by Crippen LogP contribution is -2.25. The van der Waals surface area contributed by atoms with Crippen LogP contribution in [0.25, 0.3) is 0 Å². The summed E-state index contributed by atoms with van der Waals surface area (Å²) in [6.07, 6.45) is 0.254. The Morgan fingerprint density at radius 3 is 2.61 bits per heavy atom. The van der Waals surface area contributed by atoms with E-state index >= 15 is 0 Å². The molecular formula is C13H19N3O2. The molecule has 0 aromatic heterocycles. The minimum absolute atomic E-state index is 0.151. The highest BCUT2D eigenvalue weighted by Gasteiger charge is 2.12. The van der Waals surface area contributed by atoms with Crippen LogP contribution in [0.3, 0.4) is 0 Å². The standard InChI is InChI=1S/C13H19N3O2/c1-8(14)7-12(17)16-11-6-4-5-10(9(11)2)13(18)15-3/h4-6,8H,7,14H2,1-3H3,(H,15,18)(H,16,17). The Morgan fingerprint density at radius 2 is 2.06 bits per heavy atom. The van der Waals surface area contributed by atoms with Gasteiger partial charge in [0.1, 0.15) is 0 Å². The fourth-order valence-electron chi connectivity index (χ4n) is 1.65. The van der Waals surface area contributed by atoms with Crippen molar-refractivity contribution < 1.29 is 9.59 Å². The highest BCUT2D eigenvalue weighted by atomic mass is 16.2. The SMILES string of the molecule is CNC(=O)c1cccc(NC(=O)CC(C)N)c1C. The zero-order valence-electron chi connectivity index (χ0n) is 10.9. The smallest absolute Gasteiger partial charge is 0.251 e. The van der Waals surface area contributed by atoms with Crippen molar-refractivity contribution in [2.45, 2.75) is 26.3 Å². The Labute approximate surface area is 107 Å². The highest BCUT2D eigenvalue weighted by molar-refractivity contribution is 5.99. The van der Waals surface area contributed by atoms with E-state index in [1.165, 1.54) is 0 Å². The number of carbonyl (C=O) groups is 2. The van der Waals surface area contributed by atoms with Crippen LogP contribution in [-0.2, 0) is 4.79 Å². The van der Waals surface area contributed by atoms with Gasteiger partial charge in [-0.3, -0.25) is 9.59 Å². The fraction of sp³-hybridized carbons (Fsp3) is 0.385. The summed E-state index contributed by atoms with van der Waals surface area (Å²) in [7, 11) is 1.57. The van der Waals surface area contributed by atoms with Crippen LogP contribution < -0.4 is 16.4 Å². The lowest BCUT2D eigenvalue weighted by atomic mass is 10.1. The Balaban J connectivity index is 2.91. The van der Waals surface area contributed by atoms with Gasteiger partial charge in [0.25, 0.3) is 5.91 Å². The number of nitrogens with one attached hydrogen (secondary N) is 2. The molecule has 2 amide bonds. The number of hydrogen-bond donors (Lipinski definition) is 3. The van der Waals surface area contributed by atoms with Gasteiger partial charge in [-0.15, -0.1) is 0 Å². The van der Waals surface area contributed by atoms with Gasteiger partial charge in [-0.1, -0.05) is 6.07 Å². The Kier molecular flexibility index (Phi) is 4.85. The van der Waals surface area contributed by atoms with E-state index in [1.54, 1.807) is 39.1 Å². The van der Waals surface area contributed by atoms with Crippen LogP contribution in [0.4, 0.5) is 5.69 Å². The van der Waals surface area contributed by atoms with E-state index in [0.717, 1.165) is 5.56 Å². The summed E-state index contributed by atoms with van der Waals surface area (Å²) in [5.74, 6) is -0.321. The van der Waals surface area contributed by atoms with Crippen LogP contribution >= 0.6 is 0 Å². The molecule has 0 saturated heterocycles. The average Bonchev–Trinajstić information content (AvgIpc) is 2.30. The Hall–Kier alpha value is -1.88. The van der Waals surface area contributed by atoms with Gasteiger partial charge in [-0.25, -0.2) is 0 Å². The molecule has 1 rings (SSSR count). The van der Waals surface area contributed by atoms with Gasteiger partial charge in [0.2, 0.25) is 5.91 Å². The molecule has 0 radical (unpaired) electrons. The lowest BCUT2D eigenvalue weighted by Gasteiger charge is -2.12. The van der Waals surface area contributed by atoms with Gasteiger partial charge >= 0.3 is 0 Å². The molecule has 0 aliphatic carbocycles. The maximum atomic E-state index is 11.6. The van der Waals surface area contributed by atoms with Gasteiger partial charge < -0.3 is 16.4 Å². The average molecular weight is 249 g/mol. The number of carbonyl (C=O) groups excluding carboxylic acids is 2. The third kappa shape index (κ3) is 3.56. The third-order valence-corrected chi connectivity index (χ3v) is 2.59. The number of rotatable bonds is 4. The van der Waals surface area contributed by atoms with Crippen LogP contribution in [0.5, 0.6) is 0 Å². The molecule has 0 fully saturated rings. The first-order chi connectivity index (χ1) is 8.45. The van der Waals surface area contributed by atoms with Gasteiger partial charge in [0, 0.05) is 30.8 Å². The first kappa shape index (κ1) is 14.2. The van der Waals surface area contributed by atoms with Gasteiger partial charge in [0.05, 0.1) is 0 Å². The second-order valence-corrected chi connectivity index (χ2v) is 4.29. The first-order valence-electron chi connectivity index (χ1n) is 5.82. The molecule has 1 aromatic carbocycles. The molecule has 0 aliphatic rings. The van der Waals surface area contributed by atoms with Crippen LogP contribution in [0.15, 0.2) is 18.2 Å². The van der Waals surface area contributed by atoms with E-state index in [9.17, 15) is 9.59 Å². The zero-order chi connectivity index (χ0) is 13.7. The largest absolute Gasteiger partial charge is 0.355 e. The molecular weight excluding hydrogens is 230 g/mol. The quantitative estimate of drug-likeness (QED) is 0.745. The number of hydrogen-bond acceptors (Lipinski definition) is 3. The summed E-state index contributed by atoms with van der Waals surface area (Å²) >= 11 is 0. The van der Waals surface area contributed by atoms with E-state index in [1.807, 2.05) is 0 Å². The topological polar surface area (TPSA) is 84.2 Å². The molecule has 1 unspecified atom stereocenters. The summed E-state index contributed by atoms with van der Waals surface area (Å²) in [6.45, 7) is 3.57. The van der Waals surface area contributed by atoms with Crippen molar-refractivity contribution in [1.29, 1.82) is 0 Å². The Bertz CT molecular complexity index is 456. The monoisotopic (exact) mass is 249 g/mol. The summed E-state index contributed by atoms with van der Waals surface area (Å²) in [6, 6.07) is 5.03. The molecule has 0 spiro atoms. The van der Waals surface area contributed by atoms with Gasteiger partial charge in [-0.05, 0) is 31.5 Å². The minimum atomic E-state index is -0.188. The van der Waals surface area contributed by atoms with Crippen molar-refractivity contribution in [3.63, 3.8) is 0 Å². The summed E-state index contributed by atoms with van der Waals surface area (Å²) in [5, 5.41) is 5.33. The predicted octanol–water partition coefficient (Wildman–Crippen LogP) is 1.03. The number of benzene rings is 1. The van der Waals surface area contributed by atoms with Crippen molar-refractivity contribution in [2.75, 3.05) is 12.4 Å². The van der Waals surface area contributed by atoms with Crippen molar-refractivity contribution >= 4 is 17.5 Å². The second-order valence-electron chi connectivity index (χ2n) is 4.29. The number of anilines is 1. The molecule has 0 bridgehead atoms. The third-order valence-electron chi connectivity index (χ3n) is 2.59. The number of amides is 2. The van der Waals surface area contributed by atoms with E-state index < -0.39 is 0 Å². The normalized spacial score (nSPS) is 11.8. The zero-order valence-corrected chi connectivity index (χ0v) is 10.9. The number of nitrogens with two attached hydrogens (primary N) is 1. The molecule has 0 aliphatic heterocycles. The van der Waals surface area contributed by atoms with Gasteiger partial charge in [-0.2, -0.15) is 0 Å². The molecule has 98 valence electrons. The molecule has 4 N–H and O–H groups in total. The molecule has 5 nitrogen and oxygen atoms in total. The Morgan fingerprint density at radius 1 is 1.39 bits per heavy atom. The molecule has 1 aromatic rings. The highest BCUT2D eigenvalue weighted by Crippen LogP contribution is 2.19. The van der Waals surface area contributed by atoms with Gasteiger partial charge in [0.15, 0.2) is 0 Å². The summed E-state index contributed by atoms with van der Waals surface area (Å²) < 4.78 is 0. The first-order valence-corrected chi connectivity index (χ1v) is 5.82. The van der Waals surface area contributed by atoms with Crippen molar-refractivity contribution in [3.05, 3.63) is 29.3 Å². The van der Waals surface area contributed by atoms with Crippen LogP contribution in [0.1, 0.15) is 29.3 Å². The molecule has 18 heavy (non-hydrogen) atoms. The molecule has 0 saturated carbocycles. The van der Waals surface area contributed by atoms with Crippen molar-refractivity contribution in [3.8, 4) is 0 Å². The van der Waals surface area contributed by atoms with Crippen LogP contribution in [0, 0.1) is 6.92 Å². The molecule has 0 heterocycles. The summed E-state index contributed by atoms with van der Waals surface area (Å²) in [4.78, 5) is 23.2. The fourth-order valence-corrected chi connectivity index (χ4v) is 1.65. The van der Waals surface area contributed by atoms with Crippen LogP contribution in [-0.4, -0.2) is 24.9 Å². The van der Waals surface area contributed by atoms with Crippen LogP contribution in [0.2, 0.25) is 0 Å². The molecule has 5 heteroatoms.